The van der Waals surface area contributed by atoms with Gasteiger partial charge < -0.3 is 20.2 Å². The van der Waals surface area contributed by atoms with Gasteiger partial charge in [0.25, 0.3) is 5.91 Å². The molecule has 26 heavy (non-hydrogen) atoms. The highest BCUT2D eigenvalue weighted by molar-refractivity contribution is 6.05. The van der Waals surface area contributed by atoms with Crippen molar-refractivity contribution < 1.29 is 24.2 Å². The number of allylic oxidation sites excluding steroid dienone is 1. The number of rotatable bonds is 5. The minimum absolute atomic E-state index is 0.0959. The van der Waals surface area contributed by atoms with Crippen LogP contribution in [0.2, 0.25) is 0 Å². The lowest BCUT2D eigenvalue weighted by molar-refractivity contribution is -0.136. The molecule has 136 valence electrons. The van der Waals surface area contributed by atoms with Crippen LogP contribution in [0.1, 0.15) is 35.7 Å². The van der Waals surface area contributed by atoms with Crippen molar-refractivity contribution in [2.24, 2.45) is 0 Å². The normalized spacial score (nSPS) is 20.0. The number of hydrogen-bond donors (Lipinski definition) is 3. The van der Waals surface area contributed by atoms with Crippen LogP contribution in [0.3, 0.4) is 0 Å². The Bertz CT molecular complexity index is 830. The second-order valence-corrected chi connectivity index (χ2v) is 6.29. The van der Waals surface area contributed by atoms with Gasteiger partial charge in [0, 0.05) is 23.3 Å². The molecule has 2 heterocycles. The van der Waals surface area contributed by atoms with Gasteiger partial charge in [-0.15, -0.1) is 0 Å². The first-order valence-corrected chi connectivity index (χ1v) is 8.21. The standard InChI is InChI=1S/C18H19N3O5/c1-10(19)7-11(22)9-26-15-4-2-3-12-13(15)8-21(18(12)25)14-5-6-16(23)20-17(14)24/h2-4,7,14,19,22H,5-6,8-9H2,1H3,(H,20,23,24)/b11-7-,19-10?. The van der Waals surface area contributed by atoms with Crippen LogP contribution in [-0.2, 0) is 16.1 Å². The Balaban J connectivity index is 1.78. The van der Waals surface area contributed by atoms with Gasteiger partial charge >= 0.3 is 0 Å². The van der Waals surface area contributed by atoms with E-state index in [4.69, 9.17) is 10.1 Å². The van der Waals surface area contributed by atoms with E-state index in [2.05, 4.69) is 5.32 Å². The fraction of sp³-hybridized carbons (Fsp3) is 0.333. The average Bonchev–Trinajstić information content (AvgIpc) is 2.90. The summed E-state index contributed by atoms with van der Waals surface area (Å²) < 4.78 is 5.59. The van der Waals surface area contributed by atoms with Gasteiger partial charge in [0.2, 0.25) is 11.8 Å². The lowest BCUT2D eigenvalue weighted by atomic mass is 10.0. The monoisotopic (exact) mass is 357 g/mol. The molecule has 1 aromatic carbocycles. The van der Waals surface area contributed by atoms with Crippen molar-refractivity contribution in [2.75, 3.05) is 6.61 Å². The average molecular weight is 357 g/mol. The van der Waals surface area contributed by atoms with Gasteiger partial charge in [-0.3, -0.25) is 19.7 Å². The number of hydrogen-bond acceptors (Lipinski definition) is 6. The zero-order valence-electron chi connectivity index (χ0n) is 14.2. The first kappa shape index (κ1) is 17.7. The first-order valence-electron chi connectivity index (χ1n) is 8.21. The second kappa shape index (κ2) is 6.99. The Kier molecular flexibility index (Phi) is 4.75. The van der Waals surface area contributed by atoms with E-state index in [9.17, 15) is 19.5 Å². The molecular weight excluding hydrogens is 338 g/mol. The van der Waals surface area contributed by atoms with Crippen LogP contribution in [0.5, 0.6) is 5.75 Å². The largest absolute Gasteiger partial charge is 0.509 e. The zero-order chi connectivity index (χ0) is 18.8. The molecule has 0 saturated carbocycles. The molecule has 0 aliphatic carbocycles. The van der Waals surface area contributed by atoms with Crippen molar-refractivity contribution in [3.05, 3.63) is 41.2 Å². The molecule has 8 nitrogen and oxygen atoms in total. The van der Waals surface area contributed by atoms with E-state index >= 15 is 0 Å². The number of imide groups is 1. The van der Waals surface area contributed by atoms with Crippen molar-refractivity contribution >= 4 is 23.4 Å². The fourth-order valence-electron chi connectivity index (χ4n) is 3.14. The van der Waals surface area contributed by atoms with Gasteiger partial charge in [0.1, 0.15) is 24.2 Å². The van der Waals surface area contributed by atoms with Crippen LogP contribution in [0.15, 0.2) is 30.0 Å². The number of carbonyl (C=O) groups excluding carboxylic acids is 3. The van der Waals surface area contributed by atoms with Crippen molar-refractivity contribution in [1.82, 2.24) is 10.2 Å². The number of ether oxygens (including phenoxy) is 1. The molecule has 2 aliphatic heterocycles. The van der Waals surface area contributed by atoms with Crippen LogP contribution in [-0.4, -0.2) is 46.1 Å². The summed E-state index contributed by atoms with van der Waals surface area (Å²) in [4.78, 5) is 37.5. The molecule has 1 unspecified atom stereocenters. The number of aliphatic hydroxyl groups excluding tert-OH is 1. The molecule has 0 aromatic heterocycles. The first-order chi connectivity index (χ1) is 12.4. The van der Waals surface area contributed by atoms with E-state index in [1.807, 2.05) is 0 Å². The third-order valence-electron chi connectivity index (χ3n) is 4.30. The van der Waals surface area contributed by atoms with E-state index in [1.54, 1.807) is 18.2 Å². The summed E-state index contributed by atoms with van der Waals surface area (Å²) in [5.74, 6) is -0.736. The maximum atomic E-state index is 12.7. The Morgan fingerprint density at radius 3 is 2.88 bits per heavy atom. The number of nitrogens with one attached hydrogen (secondary N) is 2. The number of fused-ring (bicyclic) bond motifs is 1. The van der Waals surface area contributed by atoms with E-state index < -0.39 is 11.9 Å². The van der Waals surface area contributed by atoms with Gasteiger partial charge in [-0.05, 0) is 31.6 Å². The second-order valence-electron chi connectivity index (χ2n) is 6.29. The van der Waals surface area contributed by atoms with Crippen molar-refractivity contribution in [3.8, 4) is 5.75 Å². The molecule has 0 spiro atoms. The van der Waals surface area contributed by atoms with Crippen LogP contribution >= 0.6 is 0 Å². The minimum atomic E-state index is -0.686. The zero-order valence-corrected chi connectivity index (χ0v) is 14.2. The third-order valence-corrected chi connectivity index (χ3v) is 4.30. The molecule has 0 bridgehead atoms. The van der Waals surface area contributed by atoms with Crippen LogP contribution < -0.4 is 10.1 Å². The summed E-state index contributed by atoms with van der Waals surface area (Å²) in [6.45, 7) is 1.61. The maximum absolute atomic E-state index is 12.7. The topological polar surface area (TPSA) is 120 Å². The van der Waals surface area contributed by atoms with Gasteiger partial charge in [0.05, 0.1) is 6.54 Å². The summed E-state index contributed by atoms with van der Waals surface area (Å²) in [7, 11) is 0. The third kappa shape index (κ3) is 3.44. The Morgan fingerprint density at radius 2 is 2.19 bits per heavy atom. The molecule has 8 heteroatoms. The van der Waals surface area contributed by atoms with E-state index in [0.717, 1.165) is 0 Å². The van der Waals surface area contributed by atoms with Crippen molar-refractivity contribution in [1.29, 1.82) is 5.41 Å². The smallest absolute Gasteiger partial charge is 0.255 e. The van der Waals surface area contributed by atoms with E-state index in [1.165, 1.54) is 17.9 Å². The van der Waals surface area contributed by atoms with E-state index in [0.29, 0.717) is 23.3 Å². The summed E-state index contributed by atoms with van der Waals surface area (Å²) in [6, 6.07) is 4.33. The summed E-state index contributed by atoms with van der Waals surface area (Å²) in [5.41, 5.74) is 1.28. The maximum Gasteiger partial charge on any atom is 0.255 e. The Morgan fingerprint density at radius 1 is 1.42 bits per heavy atom. The highest BCUT2D eigenvalue weighted by Crippen LogP contribution is 2.33. The summed E-state index contributed by atoms with van der Waals surface area (Å²) in [5, 5.41) is 19.3. The summed E-state index contributed by atoms with van der Waals surface area (Å²) in [6.07, 6.45) is 1.77. The minimum Gasteiger partial charge on any atom is -0.509 e. The predicted octanol–water partition coefficient (Wildman–Crippen LogP) is 1.31. The molecule has 3 rings (SSSR count). The molecule has 1 saturated heterocycles. The molecule has 3 amide bonds. The number of piperidine rings is 1. The van der Waals surface area contributed by atoms with Gasteiger partial charge in [0.15, 0.2) is 0 Å². The van der Waals surface area contributed by atoms with Crippen LogP contribution in [0, 0.1) is 5.41 Å². The van der Waals surface area contributed by atoms with Crippen molar-refractivity contribution in [2.45, 2.75) is 32.4 Å². The van der Waals surface area contributed by atoms with E-state index in [-0.39, 0.29) is 42.9 Å². The molecule has 0 radical (unpaired) electrons. The number of carbonyl (C=O) groups is 3. The quantitative estimate of drug-likeness (QED) is 0.417. The highest BCUT2D eigenvalue weighted by Gasteiger charge is 2.40. The number of aliphatic hydroxyl groups is 1. The molecule has 1 atom stereocenters. The highest BCUT2D eigenvalue weighted by atomic mass is 16.5. The number of amides is 3. The Labute approximate surface area is 149 Å². The van der Waals surface area contributed by atoms with Crippen LogP contribution in [0.25, 0.3) is 0 Å². The van der Waals surface area contributed by atoms with Gasteiger partial charge in [-0.25, -0.2) is 0 Å². The predicted molar refractivity (Wildman–Crippen MR) is 92.1 cm³/mol. The molecule has 2 aliphatic rings. The molecular formula is C18H19N3O5. The van der Waals surface area contributed by atoms with Crippen LogP contribution in [0.4, 0.5) is 0 Å². The SMILES string of the molecule is CC(=N)/C=C(\O)COc1cccc2c1CN(C1CCC(=O)NC1=O)C2=O. The van der Waals surface area contributed by atoms with Gasteiger partial charge in [-0.1, -0.05) is 6.07 Å². The lowest BCUT2D eigenvalue weighted by Gasteiger charge is -2.29. The molecule has 1 aromatic rings. The summed E-state index contributed by atoms with van der Waals surface area (Å²) >= 11 is 0. The lowest BCUT2D eigenvalue weighted by Crippen LogP contribution is -2.52. The molecule has 3 N–H and O–H groups in total. The number of nitrogens with zero attached hydrogens (tertiary/aromatic N) is 1. The molecule has 1 fully saturated rings. The Hall–Kier alpha value is -3.16. The van der Waals surface area contributed by atoms with Gasteiger partial charge in [-0.2, -0.15) is 0 Å². The van der Waals surface area contributed by atoms with Crippen molar-refractivity contribution in [3.63, 3.8) is 0 Å². The number of benzene rings is 1. The fourth-order valence-corrected chi connectivity index (χ4v) is 3.14.